The summed E-state index contributed by atoms with van der Waals surface area (Å²) in [4.78, 5) is 23.4. The second kappa shape index (κ2) is 7.22. The summed E-state index contributed by atoms with van der Waals surface area (Å²) in [5, 5.41) is 0. The number of piperidine rings is 1. The Morgan fingerprint density at radius 3 is 2.75 bits per heavy atom. The van der Waals surface area contributed by atoms with E-state index >= 15 is 0 Å². The van der Waals surface area contributed by atoms with E-state index in [1.165, 1.54) is 11.3 Å². The van der Waals surface area contributed by atoms with Gasteiger partial charge < -0.3 is 19.0 Å². The van der Waals surface area contributed by atoms with Gasteiger partial charge in [-0.1, -0.05) is 0 Å². The van der Waals surface area contributed by atoms with Gasteiger partial charge in [-0.2, -0.15) is 0 Å². The molecule has 5 heterocycles. The molecule has 1 spiro atoms. The smallest absolute Gasteiger partial charge is 0.238 e. The maximum Gasteiger partial charge on any atom is 0.238 e. The highest BCUT2D eigenvalue weighted by Crippen LogP contribution is 2.38. The first-order chi connectivity index (χ1) is 13.7. The van der Waals surface area contributed by atoms with Gasteiger partial charge >= 0.3 is 0 Å². The Morgan fingerprint density at radius 1 is 1.18 bits per heavy atom. The minimum atomic E-state index is -0.190. The zero-order chi connectivity index (χ0) is 19.0. The van der Waals surface area contributed by atoms with Gasteiger partial charge in [0.25, 0.3) is 0 Å². The molecule has 2 aromatic heterocycles. The third-order valence-electron chi connectivity index (χ3n) is 6.29. The average Bonchev–Trinajstić information content (AvgIpc) is 3.36. The molecule has 1 amide bonds. The summed E-state index contributed by atoms with van der Waals surface area (Å²) in [7, 11) is 0. The molecule has 3 aliphatic rings. The summed E-state index contributed by atoms with van der Waals surface area (Å²) in [6, 6.07) is 6.09. The number of piperazine rings is 1. The van der Waals surface area contributed by atoms with Gasteiger partial charge in [-0.15, -0.1) is 0 Å². The van der Waals surface area contributed by atoms with E-state index in [9.17, 15) is 4.79 Å². The molecule has 0 aliphatic carbocycles. The van der Waals surface area contributed by atoms with Crippen LogP contribution in [0.4, 0.5) is 5.69 Å². The van der Waals surface area contributed by atoms with Gasteiger partial charge in [0, 0.05) is 44.3 Å². The number of ether oxygens (including phenoxy) is 1. The summed E-state index contributed by atoms with van der Waals surface area (Å²) in [5.74, 6) is 0.192. The van der Waals surface area contributed by atoms with E-state index in [2.05, 4.69) is 26.9 Å². The van der Waals surface area contributed by atoms with Crippen LogP contribution in [0, 0.1) is 0 Å². The number of amides is 1. The number of carbonyl (C=O) groups is 1. The van der Waals surface area contributed by atoms with Crippen molar-refractivity contribution >= 4 is 11.6 Å². The van der Waals surface area contributed by atoms with E-state index < -0.39 is 0 Å². The van der Waals surface area contributed by atoms with Crippen LogP contribution in [-0.4, -0.2) is 71.8 Å². The summed E-state index contributed by atoms with van der Waals surface area (Å²) in [6.07, 6.45) is 9.82. The first-order valence-corrected chi connectivity index (χ1v) is 10.1. The third-order valence-corrected chi connectivity index (χ3v) is 6.29. The predicted octanol–water partition coefficient (Wildman–Crippen LogP) is 1.76. The molecular formula is C21H26N4O3. The van der Waals surface area contributed by atoms with Crippen molar-refractivity contribution in [1.82, 2.24) is 14.8 Å². The van der Waals surface area contributed by atoms with E-state index in [1.54, 1.807) is 12.5 Å². The molecular weight excluding hydrogens is 356 g/mol. The van der Waals surface area contributed by atoms with Gasteiger partial charge in [0.05, 0.1) is 31.2 Å². The number of furan rings is 1. The average molecular weight is 382 g/mol. The summed E-state index contributed by atoms with van der Waals surface area (Å²) < 4.78 is 11.7. The molecule has 148 valence electrons. The maximum atomic E-state index is 12.7. The molecule has 3 saturated heterocycles. The predicted molar refractivity (Wildman–Crippen MR) is 104 cm³/mol. The molecule has 1 unspecified atom stereocenters. The second-order valence-electron chi connectivity index (χ2n) is 8.09. The number of aromatic nitrogens is 1. The van der Waals surface area contributed by atoms with Crippen LogP contribution in [0.25, 0.3) is 0 Å². The molecule has 1 atom stereocenters. The molecule has 28 heavy (non-hydrogen) atoms. The lowest BCUT2D eigenvalue weighted by molar-refractivity contribution is -0.148. The van der Waals surface area contributed by atoms with Gasteiger partial charge in [0.15, 0.2) is 0 Å². The Bertz CT molecular complexity index is 802. The Morgan fingerprint density at radius 2 is 2.00 bits per heavy atom. The van der Waals surface area contributed by atoms with Crippen molar-refractivity contribution in [2.75, 3.05) is 44.2 Å². The maximum absolute atomic E-state index is 12.7. The van der Waals surface area contributed by atoms with Crippen LogP contribution in [0.5, 0.6) is 0 Å². The number of hydrogen-bond donors (Lipinski definition) is 0. The number of rotatable bonds is 4. The number of hydrogen-bond acceptors (Lipinski definition) is 6. The van der Waals surface area contributed by atoms with Gasteiger partial charge in [0.2, 0.25) is 5.91 Å². The monoisotopic (exact) mass is 382 g/mol. The zero-order valence-electron chi connectivity index (χ0n) is 16.0. The van der Waals surface area contributed by atoms with Crippen LogP contribution in [0.2, 0.25) is 0 Å². The fraction of sp³-hybridized carbons (Fsp3) is 0.524. The van der Waals surface area contributed by atoms with Crippen molar-refractivity contribution in [3.05, 3.63) is 48.7 Å². The number of pyridine rings is 1. The first-order valence-electron chi connectivity index (χ1n) is 10.1. The van der Waals surface area contributed by atoms with Crippen LogP contribution in [0.15, 0.2) is 47.5 Å². The van der Waals surface area contributed by atoms with Crippen molar-refractivity contribution in [3.63, 3.8) is 0 Å². The SMILES string of the molecule is O=C1CN(CCc2ccoc2)CC2OC3(CCN(c4ccncc4)CC3)CN12. The number of nitrogens with zero attached hydrogens (tertiary/aromatic N) is 4. The Hall–Kier alpha value is -2.38. The van der Waals surface area contributed by atoms with Gasteiger partial charge in [0.1, 0.15) is 6.23 Å². The summed E-state index contributed by atoms with van der Waals surface area (Å²) in [5.41, 5.74) is 2.19. The van der Waals surface area contributed by atoms with Crippen molar-refractivity contribution in [3.8, 4) is 0 Å². The Labute approximate surface area is 164 Å². The standard InChI is InChI=1S/C21H26N4O3/c26-19-13-23(9-3-17-4-12-27-15-17)14-20-25(19)16-21(28-20)5-10-24(11-6-21)18-1-7-22-8-2-18/h1-2,4,7-8,12,15,20H,3,5-6,9-11,13-14,16H2. The van der Waals surface area contributed by atoms with Crippen LogP contribution >= 0.6 is 0 Å². The van der Waals surface area contributed by atoms with Gasteiger partial charge in [-0.05, 0) is 43.0 Å². The summed E-state index contributed by atoms with van der Waals surface area (Å²) in [6.45, 7) is 4.75. The molecule has 0 saturated carbocycles. The van der Waals surface area contributed by atoms with E-state index in [0.717, 1.165) is 52.0 Å². The fourth-order valence-corrected chi connectivity index (χ4v) is 4.65. The molecule has 0 aromatic carbocycles. The lowest BCUT2D eigenvalue weighted by Crippen LogP contribution is -2.54. The molecule has 7 heteroatoms. The highest BCUT2D eigenvalue weighted by Gasteiger charge is 2.50. The van der Waals surface area contributed by atoms with E-state index in [1.807, 2.05) is 23.4 Å². The van der Waals surface area contributed by atoms with Crippen LogP contribution < -0.4 is 4.90 Å². The molecule has 0 bridgehead atoms. The molecule has 2 aromatic rings. The molecule has 0 N–H and O–H groups in total. The fourth-order valence-electron chi connectivity index (χ4n) is 4.65. The normalized spacial score (nSPS) is 24.7. The minimum absolute atomic E-state index is 0.113. The number of carbonyl (C=O) groups excluding carboxylic acids is 1. The van der Waals surface area contributed by atoms with Gasteiger partial charge in [-0.3, -0.25) is 14.7 Å². The quantitative estimate of drug-likeness (QED) is 0.803. The third kappa shape index (κ3) is 3.40. The highest BCUT2D eigenvalue weighted by atomic mass is 16.5. The number of fused-ring (bicyclic) bond motifs is 1. The van der Waals surface area contributed by atoms with Crippen molar-refractivity contribution < 1.29 is 13.9 Å². The minimum Gasteiger partial charge on any atom is -0.472 e. The molecule has 3 fully saturated rings. The highest BCUT2D eigenvalue weighted by molar-refractivity contribution is 5.79. The van der Waals surface area contributed by atoms with Crippen molar-refractivity contribution in [2.45, 2.75) is 31.1 Å². The van der Waals surface area contributed by atoms with Crippen LogP contribution in [0.1, 0.15) is 18.4 Å². The van der Waals surface area contributed by atoms with Crippen molar-refractivity contribution in [2.24, 2.45) is 0 Å². The van der Waals surface area contributed by atoms with E-state index in [-0.39, 0.29) is 17.7 Å². The number of anilines is 1. The van der Waals surface area contributed by atoms with Crippen molar-refractivity contribution in [1.29, 1.82) is 0 Å². The lowest BCUT2D eigenvalue weighted by atomic mass is 9.91. The largest absolute Gasteiger partial charge is 0.472 e. The Balaban J connectivity index is 1.20. The first kappa shape index (κ1) is 17.7. The van der Waals surface area contributed by atoms with E-state index in [0.29, 0.717) is 6.54 Å². The summed E-state index contributed by atoms with van der Waals surface area (Å²) >= 11 is 0. The molecule has 5 rings (SSSR count). The molecule has 7 nitrogen and oxygen atoms in total. The zero-order valence-corrected chi connectivity index (χ0v) is 16.0. The second-order valence-corrected chi connectivity index (χ2v) is 8.09. The molecule has 3 aliphatic heterocycles. The molecule has 0 radical (unpaired) electrons. The topological polar surface area (TPSA) is 62.1 Å². The van der Waals surface area contributed by atoms with Crippen LogP contribution in [0.3, 0.4) is 0 Å². The lowest BCUT2D eigenvalue weighted by Gasteiger charge is -2.39. The Kier molecular flexibility index (Phi) is 4.56. The van der Waals surface area contributed by atoms with Gasteiger partial charge in [-0.25, -0.2) is 0 Å². The van der Waals surface area contributed by atoms with E-state index in [4.69, 9.17) is 9.15 Å². The van der Waals surface area contributed by atoms with Crippen LogP contribution in [-0.2, 0) is 16.0 Å².